The van der Waals surface area contributed by atoms with Crippen LogP contribution in [0.2, 0.25) is 0 Å². The number of nitrogens with one attached hydrogen (secondary N) is 1. The number of carbonyl (C=O) groups is 3. The van der Waals surface area contributed by atoms with Crippen LogP contribution in [0, 0.1) is 0 Å². The maximum Gasteiger partial charge on any atom is 0.326 e. The molecule has 0 unspecified atom stereocenters. The summed E-state index contributed by atoms with van der Waals surface area (Å²) in [5, 5.41) is 11.4. The molecule has 0 aliphatic carbocycles. The highest BCUT2D eigenvalue weighted by Crippen LogP contribution is 2.10. The number of methoxy groups -OCH3 is 1. The van der Waals surface area contributed by atoms with E-state index in [9.17, 15) is 14.4 Å². The summed E-state index contributed by atoms with van der Waals surface area (Å²) in [7, 11) is 1.21. The van der Waals surface area contributed by atoms with Gasteiger partial charge in [0.25, 0.3) is 0 Å². The minimum atomic E-state index is -1.23. The largest absolute Gasteiger partial charge is 0.480 e. The summed E-state index contributed by atoms with van der Waals surface area (Å²) in [4.78, 5) is 34.1. The Bertz CT molecular complexity index is 503. The Morgan fingerprint density at radius 2 is 1.90 bits per heavy atom. The third-order valence-corrected chi connectivity index (χ3v) is 2.92. The van der Waals surface area contributed by atoms with Crippen LogP contribution in [0.3, 0.4) is 0 Å². The number of carboxylic acid groups (broad SMARTS) is 1. The van der Waals surface area contributed by atoms with Gasteiger partial charge in [0, 0.05) is 6.42 Å². The number of amides is 1. The van der Waals surface area contributed by atoms with Gasteiger partial charge in [0.05, 0.1) is 7.11 Å². The fourth-order valence-corrected chi connectivity index (χ4v) is 1.69. The molecule has 0 spiro atoms. The van der Waals surface area contributed by atoms with Crippen LogP contribution in [0.1, 0.15) is 24.4 Å². The van der Waals surface area contributed by atoms with Crippen LogP contribution < -0.4 is 11.1 Å². The number of aliphatic carboxylic acids is 1. The number of hydrogen-bond acceptors (Lipinski definition) is 5. The van der Waals surface area contributed by atoms with Crippen molar-refractivity contribution in [2.75, 3.05) is 7.11 Å². The first-order valence-electron chi connectivity index (χ1n) is 6.36. The number of rotatable bonds is 7. The molecule has 7 nitrogen and oxygen atoms in total. The molecular weight excluding hydrogens is 276 g/mol. The summed E-state index contributed by atoms with van der Waals surface area (Å²) in [6.07, 6.45) is -0.163. The molecule has 0 saturated heterocycles. The molecule has 114 valence electrons. The van der Waals surface area contributed by atoms with E-state index in [1.807, 2.05) is 0 Å². The van der Waals surface area contributed by atoms with Crippen molar-refractivity contribution >= 4 is 17.8 Å². The average Bonchev–Trinajstić information content (AvgIpc) is 2.50. The summed E-state index contributed by atoms with van der Waals surface area (Å²) in [5.41, 5.74) is 6.35. The minimum Gasteiger partial charge on any atom is -0.480 e. The third-order valence-electron chi connectivity index (χ3n) is 2.92. The summed E-state index contributed by atoms with van der Waals surface area (Å²) in [5.74, 6) is -2.38. The number of carbonyl (C=O) groups excluding carboxylic acids is 2. The molecule has 0 aliphatic rings. The Morgan fingerprint density at radius 1 is 1.29 bits per heavy atom. The second kappa shape index (κ2) is 8.01. The van der Waals surface area contributed by atoms with Crippen LogP contribution in [0.15, 0.2) is 30.3 Å². The van der Waals surface area contributed by atoms with Gasteiger partial charge in [0.2, 0.25) is 5.91 Å². The van der Waals surface area contributed by atoms with Crippen molar-refractivity contribution < 1.29 is 24.2 Å². The summed E-state index contributed by atoms with van der Waals surface area (Å²) in [6, 6.07) is 6.44. The summed E-state index contributed by atoms with van der Waals surface area (Å²) in [6.45, 7) is 0. The van der Waals surface area contributed by atoms with Gasteiger partial charge in [-0.25, -0.2) is 4.79 Å². The third kappa shape index (κ3) is 5.23. The number of esters is 1. The normalized spacial score (nSPS) is 13.0. The second-order valence-corrected chi connectivity index (χ2v) is 4.40. The van der Waals surface area contributed by atoms with Crippen molar-refractivity contribution in [3.8, 4) is 0 Å². The van der Waals surface area contributed by atoms with E-state index in [-0.39, 0.29) is 12.8 Å². The lowest BCUT2D eigenvalue weighted by atomic mass is 10.1. The fourth-order valence-electron chi connectivity index (χ4n) is 1.69. The molecule has 0 radical (unpaired) electrons. The Kier molecular flexibility index (Phi) is 6.35. The van der Waals surface area contributed by atoms with E-state index in [1.165, 1.54) is 7.11 Å². The number of hydrogen-bond donors (Lipinski definition) is 3. The van der Waals surface area contributed by atoms with E-state index in [0.29, 0.717) is 5.56 Å². The molecule has 1 rings (SSSR count). The Morgan fingerprint density at radius 3 is 2.43 bits per heavy atom. The predicted molar refractivity (Wildman–Crippen MR) is 74.2 cm³/mol. The standard InChI is InChI=1S/C14H18N2O5/c1-21-11(17)8-7-10(14(19)20)16-13(18)12(15)9-5-3-2-4-6-9/h2-6,10,12H,7-8,15H2,1H3,(H,16,18)(H,19,20)/t10-,12+/m0/s1. The van der Waals surface area contributed by atoms with Gasteiger partial charge in [-0.15, -0.1) is 0 Å². The highest BCUT2D eigenvalue weighted by atomic mass is 16.5. The lowest BCUT2D eigenvalue weighted by Crippen LogP contribution is -2.45. The number of nitrogens with two attached hydrogens (primary N) is 1. The van der Waals surface area contributed by atoms with E-state index in [1.54, 1.807) is 30.3 Å². The molecule has 0 heterocycles. The van der Waals surface area contributed by atoms with E-state index in [4.69, 9.17) is 10.8 Å². The molecule has 2 atom stereocenters. The molecule has 0 bridgehead atoms. The SMILES string of the molecule is COC(=O)CC[C@H](NC(=O)[C@H](N)c1ccccc1)C(=O)O. The van der Waals surface area contributed by atoms with Crippen LogP contribution in [0.4, 0.5) is 0 Å². The summed E-state index contributed by atoms with van der Waals surface area (Å²) >= 11 is 0. The van der Waals surface area contributed by atoms with Crippen molar-refractivity contribution in [3.05, 3.63) is 35.9 Å². The maximum atomic E-state index is 12.0. The number of carboxylic acids is 1. The van der Waals surface area contributed by atoms with Gasteiger partial charge >= 0.3 is 11.9 Å². The lowest BCUT2D eigenvalue weighted by Gasteiger charge is -2.17. The zero-order valence-electron chi connectivity index (χ0n) is 11.6. The number of ether oxygens (including phenoxy) is 1. The molecule has 7 heteroatoms. The highest BCUT2D eigenvalue weighted by Gasteiger charge is 2.24. The zero-order valence-corrected chi connectivity index (χ0v) is 11.6. The highest BCUT2D eigenvalue weighted by molar-refractivity contribution is 5.87. The van der Waals surface area contributed by atoms with Gasteiger partial charge in [-0.3, -0.25) is 9.59 Å². The molecule has 1 aromatic rings. The molecule has 0 saturated carbocycles. The monoisotopic (exact) mass is 294 g/mol. The number of benzene rings is 1. The van der Waals surface area contributed by atoms with Crippen LogP contribution in [-0.2, 0) is 19.1 Å². The van der Waals surface area contributed by atoms with Gasteiger partial charge in [0.1, 0.15) is 12.1 Å². The van der Waals surface area contributed by atoms with Gasteiger partial charge in [-0.1, -0.05) is 30.3 Å². The van der Waals surface area contributed by atoms with Crippen LogP contribution >= 0.6 is 0 Å². The molecule has 4 N–H and O–H groups in total. The second-order valence-electron chi connectivity index (χ2n) is 4.40. The average molecular weight is 294 g/mol. The van der Waals surface area contributed by atoms with Crippen LogP contribution in [-0.4, -0.2) is 36.1 Å². The predicted octanol–water partition coefficient (Wildman–Crippen LogP) is 0.209. The molecular formula is C14H18N2O5. The summed E-state index contributed by atoms with van der Waals surface area (Å²) < 4.78 is 4.43. The molecule has 0 aliphatic heterocycles. The molecule has 1 amide bonds. The van der Waals surface area contributed by atoms with Crippen molar-refractivity contribution in [1.29, 1.82) is 0 Å². The van der Waals surface area contributed by atoms with Crippen LogP contribution in [0.5, 0.6) is 0 Å². The molecule has 1 aromatic carbocycles. The maximum absolute atomic E-state index is 12.0. The van der Waals surface area contributed by atoms with Gasteiger partial charge < -0.3 is 20.9 Å². The van der Waals surface area contributed by atoms with Crippen molar-refractivity contribution in [1.82, 2.24) is 5.32 Å². The molecule has 21 heavy (non-hydrogen) atoms. The van der Waals surface area contributed by atoms with Crippen molar-refractivity contribution in [3.63, 3.8) is 0 Å². The first-order chi connectivity index (χ1) is 9.95. The van der Waals surface area contributed by atoms with E-state index in [0.717, 1.165) is 0 Å². The Hall–Kier alpha value is -2.41. The van der Waals surface area contributed by atoms with Crippen molar-refractivity contribution in [2.45, 2.75) is 24.9 Å². The van der Waals surface area contributed by atoms with E-state index >= 15 is 0 Å². The lowest BCUT2D eigenvalue weighted by molar-refractivity contribution is -0.144. The van der Waals surface area contributed by atoms with Gasteiger partial charge in [-0.05, 0) is 12.0 Å². The first kappa shape index (κ1) is 16.6. The minimum absolute atomic E-state index is 0.0603. The topological polar surface area (TPSA) is 119 Å². The van der Waals surface area contributed by atoms with Crippen molar-refractivity contribution in [2.24, 2.45) is 5.73 Å². The fraction of sp³-hybridized carbons (Fsp3) is 0.357. The zero-order chi connectivity index (χ0) is 15.8. The smallest absolute Gasteiger partial charge is 0.326 e. The van der Waals surface area contributed by atoms with Gasteiger partial charge in [-0.2, -0.15) is 0 Å². The molecule has 0 aromatic heterocycles. The quantitative estimate of drug-likeness (QED) is 0.618. The first-order valence-corrected chi connectivity index (χ1v) is 6.36. The van der Waals surface area contributed by atoms with Gasteiger partial charge in [0.15, 0.2) is 0 Å². The van der Waals surface area contributed by atoms with Crippen LogP contribution in [0.25, 0.3) is 0 Å². The van der Waals surface area contributed by atoms with E-state index < -0.39 is 29.9 Å². The Balaban J connectivity index is 2.64. The molecule has 0 fully saturated rings. The Labute approximate surface area is 122 Å². The van der Waals surface area contributed by atoms with E-state index in [2.05, 4.69) is 10.1 Å².